The lowest BCUT2D eigenvalue weighted by molar-refractivity contribution is 0.157. The normalized spacial score (nSPS) is 15.9. The van der Waals surface area contributed by atoms with Crippen LogP contribution in [0.5, 0.6) is 11.5 Å². The summed E-state index contributed by atoms with van der Waals surface area (Å²) in [6, 6.07) is 3.72. The minimum Gasteiger partial charge on any atom is -0.493 e. The van der Waals surface area contributed by atoms with E-state index in [1.165, 1.54) is 6.33 Å². The van der Waals surface area contributed by atoms with Gasteiger partial charge >= 0.3 is 0 Å². The molecule has 0 aliphatic carbocycles. The molecule has 2 heterocycles. The van der Waals surface area contributed by atoms with Crippen LogP contribution in [0, 0.1) is 5.92 Å². The lowest BCUT2D eigenvalue weighted by atomic mass is 9.98. The number of hydrogen-bond acceptors (Lipinski definition) is 6. The first-order valence-corrected chi connectivity index (χ1v) is 8.68. The fourth-order valence-electron chi connectivity index (χ4n) is 2.99. The molecule has 25 heavy (non-hydrogen) atoms. The van der Waals surface area contributed by atoms with Crippen LogP contribution in [-0.4, -0.2) is 53.8 Å². The molecule has 1 aromatic carbocycles. The Bertz CT molecular complexity index is 762. The van der Waals surface area contributed by atoms with E-state index in [0.29, 0.717) is 29.8 Å². The average molecular weight is 361 g/mol. The summed E-state index contributed by atoms with van der Waals surface area (Å²) in [7, 11) is 3.77. The number of rotatable bonds is 5. The number of anilines is 1. The van der Waals surface area contributed by atoms with Crippen LogP contribution in [-0.2, 0) is 0 Å². The summed E-state index contributed by atoms with van der Waals surface area (Å²) in [5.41, 5.74) is 6.30. The van der Waals surface area contributed by atoms with E-state index in [1.807, 2.05) is 12.1 Å². The van der Waals surface area contributed by atoms with Gasteiger partial charge in [0.05, 0.1) is 19.2 Å². The van der Waals surface area contributed by atoms with Gasteiger partial charge in [-0.25, -0.2) is 9.97 Å². The van der Waals surface area contributed by atoms with Crippen molar-refractivity contribution in [3.8, 4) is 11.5 Å². The van der Waals surface area contributed by atoms with Gasteiger partial charge in [-0.05, 0) is 57.2 Å². The summed E-state index contributed by atoms with van der Waals surface area (Å²) in [6.07, 6.45) is 3.77. The fraction of sp³-hybridized carbons (Fsp3) is 0.471. The van der Waals surface area contributed by atoms with Crippen molar-refractivity contribution in [3.05, 3.63) is 18.5 Å². The number of benzene rings is 1. The molecule has 0 bridgehead atoms. The molecule has 1 fully saturated rings. The Kier molecular flexibility index (Phi) is 5.50. The molecule has 1 aromatic heterocycles. The molecule has 1 aliphatic heterocycles. The molecule has 0 spiro atoms. The first-order chi connectivity index (χ1) is 12.1. The van der Waals surface area contributed by atoms with Gasteiger partial charge in [0.15, 0.2) is 16.6 Å². The molecule has 134 valence electrons. The van der Waals surface area contributed by atoms with Crippen LogP contribution < -0.4 is 20.5 Å². The van der Waals surface area contributed by atoms with E-state index in [1.54, 1.807) is 7.11 Å². The Balaban J connectivity index is 1.81. The molecular formula is C17H23N5O2S. The highest BCUT2D eigenvalue weighted by atomic mass is 32.1. The lowest BCUT2D eigenvalue weighted by Gasteiger charge is -2.28. The highest BCUT2D eigenvalue weighted by molar-refractivity contribution is 7.80. The summed E-state index contributed by atoms with van der Waals surface area (Å²) < 4.78 is 11.5. The molecule has 3 rings (SSSR count). The zero-order chi connectivity index (χ0) is 17.8. The quantitative estimate of drug-likeness (QED) is 0.783. The van der Waals surface area contributed by atoms with Crippen molar-refractivity contribution < 1.29 is 9.47 Å². The fourth-order valence-corrected chi connectivity index (χ4v) is 3.09. The summed E-state index contributed by atoms with van der Waals surface area (Å²) in [5.74, 6) is 2.45. The predicted molar refractivity (Wildman–Crippen MR) is 102 cm³/mol. The van der Waals surface area contributed by atoms with Crippen molar-refractivity contribution in [2.75, 3.05) is 39.2 Å². The van der Waals surface area contributed by atoms with Crippen molar-refractivity contribution >= 4 is 34.1 Å². The Labute approximate surface area is 152 Å². The number of nitrogens with zero attached hydrogens (tertiary/aromatic N) is 3. The van der Waals surface area contributed by atoms with E-state index in [9.17, 15) is 0 Å². The lowest BCUT2D eigenvalue weighted by Crippen LogP contribution is -2.32. The Morgan fingerprint density at radius 3 is 2.76 bits per heavy atom. The van der Waals surface area contributed by atoms with E-state index in [-0.39, 0.29) is 5.11 Å². The van der Waals surface area contributed by atoms with E-state index < -0.39 is 0 Å². The summed E-state index contributed by atoms with van der Waals surface area (Å²) in [6.45, 7) is 2.91. The largest absolute Gasteiger partial charge is 0.493 e. The maximum absolute atomic E-state index is 6.06. The maximum Gasteiger partial charge on any atom is 0.169 e. The molecule has 1 saturated heterocycles. The van der Waals surface area contributed by atoms with Crippen LogP contribution in [0.4, 0.5) is 5.82 Å². The van der Waals surface area contributed by atoms with Crippen LogP contribution in [0.2, 0.25) is 0 Å². The highest BCUT2D eigenvalue weighted by Crippen LogP contribution is 2.34. The molecule has 0 unspecified atom stereocenters. The van der Waals surface area contributed by atoms with Gasteiger partial charge in [-0.1, -0.05) is 0 Å². The second-order valence-electron chi connectivity index (χ2n) is 6.29. The molecule has 1 aliphatic rings. The van der Waals surface area contributed by atoms with Gasteiger partial charge < -0.3 is 25.4 Å². The zero-order valence-corrected chi connectivity index (χ0v) is 15.3. The number of aromatic nitrogens is 2. The number of hydrogen-bond donors (Lipinski definition) is 2. The Morgan fingerprint density at radius 1 is 1.32 bits per heavy atom. The molecule has 0 radical (unpaired) electrons. The van der Waals surface area contributed by atoms with E-state index in [4.69, 9.17) is 27.4 Å². The number of likely N-dealkylation sites (tertiary alicyclic amines) is 1. The molecular weight excluding hydrogens is 338 g/mol. The van der Waals surface area contributed by atoms with Crippen LogP contribution in [0.1, 0.15) is 12.8 Å². The molecule has 2 aromatic rings. The number of ether oxygens (including phenoxy) is 2. The molecule has 8 heteroatoms. The first-order valence-electron chi connectivity index (χ1n) is 8.27. The smallest absolute Gasteiger partial charge is 0.169 e. The predicted octanol–water partition coefficient (Wildman–Crippen LogP) is 2.01. The average Bonchev–Trinajstić information content (AvgIpc) is 2.60. The van der Waals surface area contributed by atoms with E-state index >= 15 is 0 Å². The first kappa shape index (κ1) is 17.6. The second-order valence-corrected chi connectivity index (χ2v) is 6.73. The zero-order valence-electron chi connectivity index (χ0n) is 14.5. The summed E-state index contributed by atoms with van der Waals surface area (Å²) in [4.78, 5) is 10.8. The van der Waals surface area contributed by atoms with Gasteiger partial charge in [0.1, 0.15) is 12.1 Å². The number of fused-ring (bicyclic) bond motifs is 1. The summed E-state index contributed by atoms with van der Waals surface area (Å²) in [5, 5.41) is 3.79. The second kappa shape index (κ2) is 7.79. The molecule has 0 amide bonds. The highest BCUT2D eigenvalue weighted by Gasteiger charge is 2.18. The van der Waals surface area contributed by atoms with Gasteiger partial charge in [0, 0.05) is 11.5 Å². The van der Waals surface area contributed by atoms with Crippen LogP contribution in [0.15, 0.2) is 18.5 Å². The van der Waals surface area contributed by atoms with Crippen molar-refractivity contribution in [2.24, 2.45) is 11.7 Å². The number of nitrogens with two attached hydrogens (primary N) is 1. The number of nitrogens with one attached hydrogen (secondary N) is 1. The molecule has 0 atom stereocenters. The van der Waals surface area contributed by atoms with Crippen LogP contribution in [0.3, 0.4) is 0 Å². The molecule has 3 N–H and O–H groups in total. The van der Waals surface area contributed by atoms with Gasteiger partial charge in [-0.15, -0.1) is 0 Å². The van der Waals surface area contributed by atoms with Crippen molar-refractivity contribution in [2.45, 2.75) is 12.8 Å². The van der Waals surface area contributed by atoms with Crippen molar-refractivity contribution in [1.29, 1.82) is 0 Å². The standard InChI is InChI=1S/C17H23N5O2S/c1-22-5-3-11(4-6-22)9-24-15-8-13-12(7-14(15)23-2)16(20-10-19-13)21-17(18)25/h7-8,10-11H,3-6,9H2,1-2H3,(H3,18,19,20,21,25). The topological polar surface area (TPSA) is 85.5 Å². The minimum atomic E-state index is 0.154. The van der Waals surface area contributed by atoms with Gasteiger partial charge in [-0.2, -0.15) is 0 Å². The number of methoxy groups -OCH3 is 1. The Hall–Kier alpha value is -2.19. The van der Waals surface area contributed by atoms with Crippen molar-refractivity contribution in [1.82, 2.24) is 14.9 Å². The number of thiocarbonyl (C=S) groups is 1. The number of piperidine rings is 1. The van der Waals surface area contributed by atoms with E-state index in [2.05, 4.69) is 27.2 Å². The summed E-state index contributed by atoms with van der Waals surface area (Å²) >= 11 is 4.90. The monoisotopic (exact) mass is 361 g/mol. The van der Waals surface area contributed by atoms with Crippen LogP contribution in [0.25, 0.3) is 10.9 Å². The van der Waals surface area contributed by atoms with Gasteiger partial charge in [-0.3, -0.25) is 0 Å². The third-order valence-corrected chi connectivity index (χ3v) is 4.58. The minimum absolute atomic E-state index is 0.154. The molecule has 0 saturated carbocycles. The third-order valence-electron chi connectivity index (χ3n) is 4.48. The van der Waals surface area contributed by atoms with Crippen molar-refractivity contribution in [3.63, 3.8) is 0 Å². The molecule has 7 nitrogen and oxygen atoms in total. The Morgan fingerprint density at radius 2 is 2.08 bits per heavy atom. The third kappa shape index (κ3) is 4.26. The van der Waals surface area contributed by atoms with Crippen LogP contribution >= 0.6 is 12.2 Å². The SMILES string of the molecule is COc1cc2c(NC(N)=S)ncnc2cc1OCC1CCN(C)CC1. The van der Waals surface area contributed by atoms with E-state index in [0.717, 1.165) is 36.8 Å². The van der Waals surface area contributed by atoms with Gasteiger partial charge in [0.2, 0.25) is 0 Å². The maximum atomic E-state index is 6.06. The van der Waals surface area contributed by atoms with Gasteiger partial charge in [0.25, 0.3) is 0 Å².